The Balaban J connectivity index is 1.84. The average Bonchev–Trinajstić information content (AvgIpc) is 2.48. The van der Waals surface area contributed by atoms with Crippen LogP contribution in [0.25, 0.3) is 11.1 Å². The van der Waals surface area contributed by atoms with Crippen LogP contribution < -0.4 is 10.2 Å². The lowest BCUT2D eigenvalue weighted by Gasteiger charge is -2.26. The number of nitrogens with one attached hydrogen (secondary N) is 1. The van der Waals surface area contributed by atoms with Crippen LogP contribution in [0, 0.1) is 6.92 Å². The molecule has 2 aromatic heterocycles. The van der Waals surface area contributed by atoms with Crippen LogP contribution in [-0.4, -0.2) is 40.5 Å². The number of hydrogen-bond donors (Lipinski definition) is 1. The molecule has 0 atom stereocenters. The summed E-state index contributed by atoms with van der Waals surface area (Å²) in [6, 6.07) is 1.96. The van der Waals surface area contributed by atoms with Crippen molar-refractivity contribution < 1.29 is 4.79 Å². The van der Waals surface area contributed by atoms with Gasteiger partial charge in [-0.3, -0.25) is 9.78 Å². The van der Waals surface area contributed by atoms with E-state index in [1.807, 2.05) is 24.1 Å². The molecule has 20 heavy (non-hydrogen) atoms. The number of aryl methyl sites for hydroxylation is 1. The van der Waals surface area contributed by atoms with E-state index in [0.717, 1.165) is 23.2 Å². The number of nitrogens with zero attached hydrogens (tertiary/aromatic N) is 4. The molecule has 1 saturated heterocycles. The number of rotatable bonds is 2. The van der Waals surface area contributed by atoms with Gasteiger partial charge in [0.2, 0.25) is 11.9 Å². The van der Waals surface area contributed by atoms with Gasteiger partial charge in [0.25, 0.3) is 0 Å². The van der Waals surface area contributed by atoms with Crippen LogP contribution in [-0.2, 0) is 4.79 Å². The van der Waals surface area contributed by atoms with E-state index in [1.54, 1.807) is 18.6 Å². The molecule has 102 valence electrons. The topological polar surface area (TPSA) is 71.0 Å². The van der Waals surface area contributed by atoms with Crippen molar-refractivity contribution in [1.29, 1.82) is 0 Å². The van der Waals surface area contributed by atoms with Gasteiger partial charge in [-0.15, -0.1) is 0 Å². The Labute approximate surface area is 116 Å². The summed E-state index contributed by atoms with van der Waals surface area (Å²) >= 11 is 0. The quantitative estimate of drug-likeness (QED) is 0.872. The fraction of sp³-hybridized carbons (Fsp3) is 0.286. The van der Waals surface area contributed by atoms with Gasteiger partial charge in [0.05, 0.1) is 6.54 Å². The van der Waals surface area contributed by atoms with E-state index >= 15 is 0 Å². The Bertz CT molecular complexity index is 626. The van der Waals surface area contributed by atoms with E-state index in [4.69, 9.17) is 0 Å². The summed E-state index contributed by atoms with van der Waals surface area (Å²) in [6.07, 6.45) is 7.13. The first-order valence-corrected chi connectivity index (χ1v) is 6.49. The maximum atomic E-state index is 11.4. The Hall–Kier alpha value is -2.50. The second-order valence-corrected chi connectivity index (χ2v) is 4.73. The predicted molar refractivity (Wildman–Crippen MR) is 75.2 cm³/mol. The number of anilines is 1. The third-order valence-corrected chi connectivity index (χ3v) is 3.31. The van der Waals surface area contributed by atoms with Gasteiger partial charge in [0, 0.05) is 49.0 Å². The maximum Gasteiger partial charge on any atom is 0.239 e. The lowest BCUT2D eigenvalue weighted by molar-refractivity contribution is -0.120. The van der Waals surface area contributed by atoms with E-state index in [1.165, 1.54) is 0 Å². The van der Waals surface area contributed by atoms with Gasteiger partial charge in [-0.25, -0.2) is 9.97 Å². The molecule has 0 aromatic carbocycles. The molecule has 0 bridgehead atoms. The van der Waals surface area contributed by atoms with Crippen LogP contribution in [0.5, 0.6) is 0 Å². The van der Waals surface area contributed by atoms with E-state index in [-0.39, 0.29) is 5.91 Å². The lowest BCUT2D eigenvalue weighted by Crippen LogP contribution is -2.48. The summed E-state index contributed by atoms with van der Waals surface area (Å²) in [5, 5.41) is 2.78. The first kappa shape index (κ1) is 12.5. The Morgan fingerprint density at radius 2 is 2.05 bits per heavy atom. The van der Waals surface area contributed by atoms with E-state index in [0.29, 0.717) is 19.0 Å². The molecule has 0 radical (unpaired) electrons. The molecule has 1 aliphatic heterocycles. The molecule has 1 N–H and O–H groups in total. The van der Waals surface area contributed by atoms with Gasteiger partial charge < -0.3 is 10.2 Å². The first-order chi connectivity index (χ1) is 9.74. The molecule has 1 aliphatic rings. The van der Waals surface area contributed by atoms with Crippen LogP contribution in [0.15, 0.2) is 30.9 Å². The van der Waals surface area contributed by atoms with Crippen molar-refractivity contribution in [3.63, 3.8) is 0 Å². The average molecular weight is 269 g/mol. The molecule has 6 heteroatoms. The fourth-order valence-electron chi connectivity index (χ4n) is 2.20. The molecule has 0 spiro atoms. The number of amides is 1. The number of hydrogen-bond acceptors (Lipinski definition) is 5. The largest absolute Gasteiger partial charge is 0.353 e. The third kappa shape index (κ3) is 2.45. The van der Waals surface area contributed by atoms with Crippen LogP contribution in [0.4, 0.5) is 5.95 Å². The molecular weight excluding hydrogens is 254 g/mol. The van der Waals surface area contributed by atoms with E-state index in [9.17, 15) is 4.79 Å². The maximum absolute atomic E-state index is 11.4. The number of pyridine rings is 1. The highest BCUT2D eigenvalue weighted by Gasteiger charge is 2.18. The normalized spacial score (nSPS) is 15.1. The number of carbonyl (C=O) groups excluding carboxylic acids is 1. The van der Waals surface area contributed by atoms with Crippen LogP contribution in [0.2, 0.25) is 0 Å². The summed E-state index contributed by atoms with van der Waals surface area (Å²) in [5.41, 5.74) is 3.09. The zero-order valence-corrected chi connectivity index (χ0v) is 11.2. The molecule has 0 saturated carbocycles. The van der Waals surface area contributed by atoms with Crippen molar-refractivity contribution in [3.05, 3.63) is 36.4 Å². The van der Waals surface area contributed by atoms with Gasteiger partial charge in [-0.2, -0.15) is 0 Å². The molecule has 0 unspecified atom stereocenters. The summed E-state index contributed by atoms with van der Waals surface area (Å²) in [5.74, 6) is 0.595. The van der Waals surface area contributed by atoms with Crippen molar-refractivity contribution in [2.45, 2.75) is 6.92 Å². The Morgan fingerprint density at radius 3 is 2.75 bits per heavy atom. The van der Waals surface area contributed by atoms with Crippen LogP contribution >= 0.6 is 0 Å². The van der Waals surface area contributed by atoms with Gasteiger partial charge >= 0.3 is 0 Å². The molecule has 3 heterocycles. The van der Waals surface area contributed by atoms with Crippen LogP contribution in [0.1, 0.15) is 5.56 Å². The van der Waals surface area contributed by atoms with Crippen molar-refractivity contribution in [3.8, 4) is 11.1 Å². The highest BCUT2D eigenvalue weighted by molar-refractivity contribution is 5.82. The summed E-state index contributed by atoms with van der Waals surface area (Å²) in [7, 11) is 0. The second-order valence-electron chi connectivity index (χ2n) is 4.73. The monoisotopic (exact) mass is 269 g/mol. The van der Waals surface area contributed by atoms with E-state index < -0.39 is 0 Å². The highest BCUT2D eigenvalue weighted by Crippen LogP contribution is 2.21. The van der Waals surface area contributed by atoms with Gasteiger partial charge in [0.1, 0.15) is 0 Å². The van der Waals surface area contributed by atoms with Crippen molar-refractivity contribution in [2.24, 2.45) is 0 Å². The smallest absolute Gasteiger partial charge is 0.239 e. The fourth-order valence-corrected chi connectivity index (χ4v) is 2.20. The van der Waals surface area contributed by atoms with Crippen molar-refractivity contribution in [1.82, 2.24) is 20.3 Å². The summed E-state index contributed by atoms with van der Waals surface area (Å²) < 4.78 is 0. The molecule has 1 fully saturated rings. The number of carbonyl (C=O) groups is 1. The number of piperazine rings is 1. The van der Waals surface area contributed by atoms with Crippen molar-refractivity contribution >= 4 is 11.9 Å². The highest BCUT2D eigenvalue weighted by atomic mass is 16.2. The molecule has 3 rings (SSSR count). The zero-order chi connectivity index (χ0) is 13.9. The molecule has 0 aliphatic carbocycles. The zero-order valence-electron chi connectivity index (χ0n) is 11.2. The minimum Gasteiger partial charge on any atom is -0.353 e. The summed E-state index contributed by atoms with van der Waals surface area (Å²) in [4.78, 5) is 26.1. The van der Waals surface area contributed by atoms with Gasteiger partial charge in [0.15, 0.2) is 0 Å². The molecule has 2 aromatic rings. The first-order valence-electron chi connectivity index (χ1n) is 6.49. The van der Waals surface area contributed by atoms with Gasteiger partial charge in [-0.1, -0.05) is 0 Å². The number of aromatic nitrogens is 3. The summed E-state index contributed by atoms with van der Waals surface area (Å²) in [6.45, 7) is 3.70. The SMILES string of the molecule is Cc1ccncc1-c1cnc(N2CCNC(=O)C2)nc1. The molecule has 6 nitrogen and oxygen atoms in total. The standard InChI is InChI=1S/C14H15N5O/c1-10-2-3-15-8-12(10)11-6-17-14(18-7-11)19-5-4-16-13(20)9-19/h2-3,6-8H,4-5,9H2,1H3,(H,16,20). The van der Waals surface area contributed by atoms with Crippen molar-refractivity contribution in [2.75, 3.05) is 24.5 Å². The predicted octanol–water partition coefficient (Wildman–Crippen LogP) is 0.783. The van der Waals surface area contributed by atoms with Crippen LogP contribution in [0.3, 0.4) is 0 Å². The lowest BCUT2D eigenvalue weighted by atomic mass is 10.1. The molecular formula is C14H15N5O. The minimum atomic E-state index is 0.00651. The Kier molecular flexibility index (Phi) is 3.28. The Morgan fingerprint density at radius 1 is 1.25 bits per heavy atom. The molecule has 1 amide bonds. The third-order valence-electron chi connectivity index (χ3n) is 3.31. The second kappa shape index (κ2) is 5.24. The van der Waals surface area contributed by atoms with Gasteiger partial charge in [-0.05, 0) is 18.6 Å². The van der Waals surface area contributed by atoms with E-state index in [2.05, 4.69) is 20.3 Å². The minimum absolute atomic E-state index is 0.00651.